The van der Waals surface area contributed by atoms with E-state index in [-0.39, 0.29) is 53.1 Å². The summed E-state index contributed by atoms with van der Waals surface area (Å²) in [6.07, 6.45) is 2.61. The lowest BCUT2D eigenvalue weighted by atomic mass is 9.44. The molecule has 0 amide bonds. The lowest BCUT2D eigenvalue weighted by molar-refractivity contribution is -0.180. The number of hydrogen-bond donors (Lipinski definition) is 0. The third kappa shape index (κ3) is 2.09. The molecule has 3 aliphatic rings. The van der Waals surface area contributed by atoms with Gasteiger partial charge in [0, 0.05) is 25.7 Å². The molecule has 0 aromatic heterocycles. The fraction of sp³-hybridized carbons (Fsp3) is 0.706. The SMILES string of the molecule is CC(=O)OC1C(C)=CC(=O)C2C3C[C@@H](OC(C)=O)C[C@@]3(C)[C@@H]12. The van der Waals surface area contributed by atoms with Crippen LogP contribution in [-0.4, -0.2) is 29.9 Å². The average Bonchev–Trinajstić information content (AvgIpc) is 2.61. The molecule has 3 aliphatic carbocycles. The third-order valence-corrected chi connectivity index (χ3v) is 5.71. The smallest absolute Gasteiger partial charge is 0.303 e. The van der Waals surface area contributed by atoms with Gasteiger partial charge in [0.05, 0.1) is 0 Å². The van der Waals surface area contributed by atoms with E-state index < -0.39 is 0 Å². The summed E-state index contributed by atoms with van der Waals surface area (Å²) in [5.41, 5.74) is 0.702. The Morgan fingerprint density at radius 1 is 1.23 bits per heavy atom. The molecule has 3 rings (SSSR count). The van der Waals surface area contributed by atoms with Crippen molar-refractivity contribution in [2.45, 2.75) is 52.7 Å². The Bertz CT molecular complexity index is 578. The van der Waals surface area contributed by atoms with Crippen molar-refractivity contribution >= 4 is 17.7 Å². The van der Waals surface area contributed by atoms with Crippen LogP contribution in [0, 0.1) is 23.2 Å². The second kappa shape index (κ2) is 4.93. The van der Waals surface area contributed by atoms with E-state index in [0.717, 1.165) is 18.4 Å². The Labute approximate surface area is 130 Å². The first-order chi connectivity index (χ1) is 10.2. The maximum Gasteiger partial charge on any atom is 0.303 e. The molecule has 0 aliphatic heterocycles. The first-order valence-corrected chi connectivity index (χ1v) is 7.80. The number of carbonyl (C=O) groups is 3. The second-order valence-corrected chi connectivity index (χ2v) is 7.16. The van der Waals surface area contributed by atoms with Gasteiger partial charge in [0.25, 0.3) is 0 Å². The van der Waals surface area contributed by atoms with Crippen LogP contribution in [0.15, 0.2) is 11.6 Å². The molecule has 3 unspecified atom stereocenters. The summed E-state index contributed by atoms with van der Waals surface area (Å²) in [7, 11) is 0. The molecule has 0 N–H and O–H groups in total. The normalized spacial score (nSPS) is 42.6. The van der Waals surface area contributed by atoms with Crippen molar-refractivity contribution in [3.8, 4) is 0 Å². The van der Waals surface area contributed by atoms with Crippen LogP contribution < -0.4 is 0 Å². The van der Waals surface area contributed by atoms with Crippen LogP contribution in [0.25, 0.3) is 0 Å². The van der Waals surface area contributed by atoms with E-state index in [1.165, 1.54) is 13.8 Å². The summed E-state index contributed by atoms with van der Waals surface area (Å²) >= 11 is 0. The molecule has 0 spiro atoms. The highest BCUT2D eigenvalue weighted by Crippen LogP contribution is 2.68. The Kier molecular flexibility index (Phi) is 3.42. The lowest BCUT2D eigenvalue weighted by Crippen LogP contribution is -2.62. The number of carbonyl (C=O) groups excluding carboxylic acids is 3. The summed E-state index contributed by atoms with van der Waals surface area (Å²) in [6, 6.07) is 0. The van der Waals surface area contributed by atoms with Crippen LogP contribution in [-0.2, 0) is 23.9 Å². The standard InChI is InChI=1S/C17H22O5/c1-8-5-13(20)14-12-6-11(21-9(2)18)7-17(12,4)15(14)16(8)22-10(3)19/h5,11-12,14-16H,6-7H2,1-4H3/t11-,12?,14?,15-,16?,17-/m1/s1. The summed E-state index contributed by atoms with van der Waals surface area (Å²) in [4.78, 5) is 35.0. The van der Waals surface area contributed by atoms with Gasteiger partial charge in [-0.3, -0.25) is 14.4 Å². The van der Waals surface area contributed by atoms with E-state index in [2.05, 4.69) is 6.92 Å². The molecule has 5 nitrogen and oxygen atoms in total. The quantitative estimate of drug-likeness (QED) is 0.730. The topological polar surface area (TPSA) is 69.7 Å². The highest BCUT2D eigenvalue weighted by molar-refractivity contribution is 5.95. The monoisotopic (exact) mass is 306 g/mol. The fourth-order valence-corrected chi connectivity index (χ4v) is 5.02. The highest BCUT2D eigenvalue weighted by atomic mass is 16.5. The minimum atomic E-state index is -0.336. The molecule has 2 fully saturated rings. The second-order valence-electron chi connectivity index (χ2n) is 7.16. The largest absolute Gasteiger partial charge is 0.463 e. The number of rotatable bonds is 2. The first kappa shape index (κ1) is 15.3. The van der Waals surface area contributed by atoms with Crippen LogP contribution in [0.4, 0.5) is 0 Å². The molecule has 0 saturated heterocycles. The van der Waals surface area contributed by atoms with Gasteiger partial charge in [0.1, 0.15) is 12.2 Å². The molecule has 0 radical (unpaired) electrons. The number of allylic oxidation sites excluding steroid dienone is 1. The number of ketones is 1. The summed E-state index contributed by atoms with van der Waals surface area (Å²) in [6.45, 7) is 6.78. The van der Waals surface area contributed by atoms with Crippen LogP contribution in [0.2, 0.25) is 0 Å². The zero-order chi connectivity index (χ0) is 16.2. The van der Waals surface area contributed by atoms with Gasteiger partial charge in [-0.15, -0.1) is 0 Å². The maximum atomic E-state index is 12.4. The fourth-order valence-electron chi connectivity index (χ4n) is 5.02. The highest BCUT2D eigenvalue weighted by Gasteiger charge is 2.69. The molecule has 0 aromatic carbocycles. The van der Waals surface area contributed by atoms with Crippen molar-refractivity contribution in [3.05, 3.63) is 11.6 Å². The van der Waals surface area contributed by atoms with E-state index in [4.69, 9.17) is 9.47 Å². The van der Waals surface area contributed by atoms with Crippen molar-refractivity contribution in [1.82, 2.24) is 0 Å². The van der Waals surface area contributed by atoms with Crippen LogP contribution >= 0.6 is 0 Å². The predicted molar refractivity (Wildman–Crippen MR) is 77.7 cm³/mol. The van der Waals surface area contributed by atoms with Gasteiger partial charge < -0.3 is 9.47 Å². The van der Waals surface area contributed by atoms with Crippen molar-refractivity contribution in [1.29, 1.82) is 0 Å². The van der Waals surface area contributed by atoms with Gasteiger partial charge in [-0.2, -0.15) is 0 Å². The maximum absolute atomic E-state index is 12.4. The molecular weight excluding hydrogens is 284 g/mol. The Hall–Kier alpha value is -1.65. The zero-order valence-corrected chi connectivity index (χ0v) is 13.4. The van der Waals surface area contributed by atoms with Crippen molar-refractivity contribution in [2.75, 3.05) is 0 Å². The third-order valence-electron chi connectivity index (χ3n) is 5.71. The van der Waals surface area contributed by atoms with Gasteiger partial charge in [-0.05, 0) is 42.7 Å². The Morgan fingerprint density at radius 3 is 2.45 bits per heavy atom. The minimum absolute atomic E-state index is 0.000502. The van der Waals surface area contributed by atoms with Crippen molar-refractivity contribution in [3.63, 3.8) is 0 Å². The van der Waals surface area contributed by atoms with E-state index in [1.807, 2.05) is 6.92 Å². The molecule has 2 saturated carbocycles. The van der Waals surface area contributed by atoms with Crippen molar-refractivity contribution < 1.29 is 23.9 Å². The number of fused-ring (bicyclic) bond motifs is 4. The molecule has 5 heteroatoms. The molecule has 0 bridgehead atoms. The van der Waals surface area contributed by atoms with Crippen LogP contribution in [0.1, 0.15) is 40.5 Å². The predicted octanol–water partition coefficient (Wildman–Crippen LogP) is 2.04. The van der Waals surface area contributed by atoms with Gasteiger partial charge >= 0.3 is 11.9 Å². The van der Waals surface area contributed by atoms with Gasteiger partial charge in [0.2, 0.25) is 0 Å². The Morgan fingerprint density at radius 2 is 1.86 bits per heavy atom. The van der Waals surface area contributed by atoms with E-state index >= 15 is 0 Å². The number of hydrogen-bond acceptors (Lipinski definition) is 5. The molecule has 0 aromatic rings. The summed E-state index contributed by atoms with van der Waals surface area (Å²) in [5, 5.41) is 0. The van der Waals surface area contributed by atoms with Gasteiger partial charge in [-0.1, -0.05) is 6.92 Å². The van der Waals surface area contributed by atoms with Crippen molar-refractivity contribution in [2.24, 2.45) is 23.2 Å². The molecular formula is C17H22O5. The van der Waals surface area contributed by atoms with Gasteiger partial charge in [0.15, 0.2) is 5.78 Å². The number of ether oxygens (including phenoxy) is 2. The van der Waals surface area contributed by atoms with Crippen LogP contribution in [0.3, 0.4) is 0 Å². The van der Waals surface area contributed by atoms with E-state index in [1.54, 1.807) is 6.08 Å². The average molecular weight is 306 g/mol. The Balaban J connectivity index is 1.88. The molecule has 6 atom stereocenters. The lowest BCUT2D eigenvalue weighted by Gasteiger charge is -2.59. The molecule has 22 heavy (non-hydrogen) atoms. The van der Waals surface area contributed by atoms with Gasteiger partial charge in [-0.25, -0.2) is 0 Å². The molecule has 120 valence electrons. The minimum Gasteiger partial charge on any atom is -0.463 e. The number of esters is 2. The summed E-state index contributed by atoms with van der Waals surface area (Å²) < 4.78 is 10.9. The zero-order valence-electron chi connectivity index (χ0n) is 13.4. The first-order valence-electron chi connectivity index (χ1n) is 7.80. The summed E-state index contributed by atoms with van der Waals surface area (Å²) in [5.74, 6) is -0.394. The van der Waals surface area contributed by atoms with E-state index in [9.17, 15) is 14.4 Å². The molecule has 0 heterocycles. The van der Waals surface area contributed by atoms with Crippen LogP contribution in [0.5, 0.6) is 0 Å². The van der Waals surface area contributed by atoms with E-state index in [0.29, 0.717) is 0 Å².